The maximum Gasteiger partial charge on any atom is 0.289 e. The highest BCUT2D eigenvalue weighted by Gasteiger charge is 2.21. The second-order valence-corrected chi connectivity index (χ2v) is 5.42. The standard InChI is InChI=1S/C11H11ClN2O4S/c1-3-9(12)7(2)19-11-5-4-8(13(15)16)6-10(11)14(17)18/h3-7H,1-2H3/b9-3-. The number of hydrogen-bond acceptors (Lipinski definition) is 5. The third-order valence-electron chi connectivity index (χ3n) is 2.32. The van der Waals surface area contributed by atoms with Crippen molar-refractivity contribution in [3.8, 4) is 0 Å². The lowest BCUT2D eigenvalue weighted by molar-refractivity contribution is -0.396. The molecule has 0 heterocycles. The van der Waals surface area contributed by atoms with Crippen LogP contribution < -0.4 is 0 Å². The van der Waals surface area contributed by atoms with Crippen LogP contribution in [0.5, 0.6) is 0 Å². The first-order valence-corrected chi connectivity index (χ1v) is 6.53. The first-order valence-electron chi connectivity index (χ1n) is 5.28. The minimum absolute atomic E-state index is 0.160. The molecule has 0 aliphatic carbocycles. The van der Waals surface area contributed by atoms with E-state index >= 15 is 0 Å². The van der Waals surface area contributed by atoms with Gasteiger partial charge in [-0.1, -0.05) is 17.7 Å². The molecule has 0 fully saturated rings. The molecule has 102 valence electrons. The number of benzene rings is 1. The topological polar surface area (TPSA) is 86.3 Å². The highest BCUT2D eigenvalue weighted by atomic mass is 35.5. The predicted molar refractivity (Wildman–Crippen MR) is 74.7 cm³/mol. The van der Waals surface area contributed by atoms with E-state index in [1.807, 2.05) is 0 Å². The van der Waals surface area contributed by atoms with Crippen molar-refractivity contribution in [3.05, 3.63) is 49.5 Å². The van der Waals surface area contributed by atoms with Gasteiger partial charge in [0.15, 0.2) is 0 Å². The minimum Gasteiger partial charge on any atom is -0.258 e. The summed E-state index contributed by atoms with van der Waals surface area (Å²) < 4.78 is 0. The summed E-state index contributed by atoms with van der Waals surface area (Å²) in [6.45, 7) is 3.57. The molecule has 0 saturated carbocycles. The summed E-state index contributed by atoms with van der Waals surface area (Å²) in [5.74, 6) is 0. The van der Waals surface area contributed by atoms with Gasteiger partial charge in [0.25, 0.3) is 11.4 Å². The number of nitrogens with zero attached hydrogens (tertiary/aromatic N) is 2. The number of nitro benzene ring substituents is 2. The number of hydrogen-bond donors (Lipinski definition) is 0. The number of non-ortho nitro benzene ring substituents is 1. The van der Waals surface area contributed by atoms with Gasteiger partial charge in [-0.25, -0.2) is 0 Å². The van der Waals surface area contributed by atoms with E-state index in [0.29, 0.717) is 9.93 Å². The van der Waals surface area contributed by atoms with Crippen molar-refractivity contribution in [1.29, 1.82) is 0 Å². The van der Waals surface area contributed by atoms with Gasteiger partial charge in [-0.05, 0) is 19.9 Å². The highest BCUT2D eigenvalue weighted by Crippen LogP contribution is 2.37. The predicted octanol–water partition coefficient (Wildman–Crippen LogP) is 4.13. The largest absolute Gasteiger partial charge is 0.289 e. The van der Waals surface area contributed by atoms with Gasteiger partial charge in [-0.15, -0.1) is 11.8 Å². The van der Waals surface area contributed by atoms with E-state index < -0.39 is 9.85 Å². The Kier molecular flexibility index (Phi) is 5.31. The molecule has 1 unspecified atom stereocenters. The van der Waals surface area contributed by atoms with E-state index in [0.717, 1.165) is 6.07 Å². The zero-order valence-corrected chi connectivity index (χ0v) is 11.8. The van der Waals surface area contributed by atoms with Crippen LogP contribution in [0.1, 0.15) is 13.8 Å². The molecule has 19 heavy (non-hydrogen) atoms. The lowest BCUT2D eigenvalue weighted by Crippen LogP contribution is -1.99. The summed E-state index contributed by atoms with van der Waals surface area (Å²) in [5, 5.41) is 22.0. The van der Waals surface area contributed by atoms with Crippen LogP contribution in [0.25, 0.3) is 0 Å². The fourth-order valence-corrected chi connectivity index (χ4v) is 2.51. The van der Waals surface area contributed by atoms with E-state index in [1.165, 1.54) is 23.9 Å². The van der Waals surface area contributed by atoms with E-state index in [2.05, 4.69) is 0 Å². The molecule has 0 aliphatic rings. The average molecular weight is 303 g/mol. The van der Waals surface area contributed by atoms with Crippen molar-refractivity contribution >= 4 is 34.7 Å². The molecule has 0 spiro atoms. The Morgan fingerprint density at radius 1 is 1.37 bits per heavy atom. The first-order chi connectivity index (χ1) is 8.86. The molecule has 1 aromatic carbocycles. The van der Waals surface area contributed by atoms with Crippen LogP contribution in [0.4, 0.5) is 11.4 Å². The molecule has 0 saturated heterocycles. The Morgan fingerprint density at radius 3 is 2.47 bits per heavy atom. The monoisotopic (exact) mass is 302 g/mol. The second kappa shape index (κ2) is 6.53. The Labute approximate surface area is 118 Å². The van der Waals surface area contributed by atoms with E-state index in [1.54, 1.807) is 19.9 Å². The SMILES string of the molecule is C/C=C(\Cl)C(C)Sc1ccc([N+](=O)[O-])cc1[N+](=O)[O-]. The average Bonchev–Trinajstić information content (AvgIpc) is 2.37. The molecular weight excluding hydrogens is 292 g/mol. The molecule has 8 heteroatoms. The van der Waals surface area contributed by atoms with Crippen LogP contribution in [0.3, 0.4) is 0 Å². The van der Waals surface area contributed by atoms with Crippen LogP contribution in [0, 0.1) is 20.2 Å². The fraction of sp³-hybridized carbons (Fsp3) is 0.273. The summed E-state index contributed by atoms with van der Waals surface area (Å²) in [6, 6.07) is 3.57. The van der Waals surface area contributed by atoms with Gasteiger partial charge in [0.1, 0.15) is 0 Å². The molecular formula is C11H11ClN2O4S. The molecule has 0 aromatic heterocycles. The van der Waals surface area contributed by atoms with Crippen LogP contribution in [-0.4, -0.2) is 15.1 Å². The summed E-state index contributed by atoms with van der Waals surface area (Å²) in [6.07, 6.45) is 1.70. The highest BCUT2D eigenvalue weighted by molar-refractivity contribution is 8.00. The number of thioether (sulfide) groups is 1. The van der Waals surface area contributed by atoms with Gasteiger partial charge >= 0.3 is 0 Å². The lowest BCUT2D eigenvalue weighted by atomic mass is 10.3. The van der Waals surface area contributed by atoms with E-state index in [-0.39, 0.29) is 16.6 Å². The normalized spacial score (nSPS) is 13.1. The quantitative estimate of drug-likeness (QED) is 0.464. The molecule has 0 aliphatic heterocycles. The maximum atomic E-state index is 10.9. The third-order valence-corrected chi connectivity index (χ3v) is 4.20. The molecule has 1 atom stereocenters. The number of rotatable bonds is 5. The third kappa shape index (κ3) is 3.93. The summed E-state index contributed by atoms with van der Waals surface area (Å²) in [7, 11) is 0. The number of allylic oxidation sites excluding steroid dienone is 1. The van der Waals surface area contributed by atoms with Crippen LogP contribution >= 0.6 is 23.4 Å². The summed E-state index contributed by atoms with van der Waals surface area (Å²) in [4.78, 5) is 20.6. The summed E-state index contributed by atoms with van der Waals surface area (Å²) >= 11 is 7.13. The van der Waals surface area contributed by atoms with Crippen molar-refractivity contribution in [2.24, 2.45) is 0 Å². The molecule has 0 amide bonds. The minimum atomic E-state index is -0.663. The summed E-state index contributed by atoms with van der Waals surface area (Å²) in [5.41, 5.74) is -0.590. The Balaban J connectivity index is 3.14. The van der Waals surface area contributed by atoms with Crippen molar-refractivity contribution in [3.63, 3.8) is 0 Å². The van der Waals surface area contributed by atoms with E-state index in [9.17, 15) is 20.2 Å². The van der Waals surface area contributed by atoms with Crippen molar-refractivity contribution in [2.75, 3.05) is 0 Å². The van der Waals surface area contributed by atoms with E-state index in [4.69, 9.17) is 11.6 Å². The van der Waals surface area contributed by atoms with Crippen LogP contribution in [0.15, 0.2) is 34.2 Å². The van der Waals surface area contributed by atoms with Gasteiger partial charge in [0.05, 0.1) is 20.8 Å². The molecule has 1 rings (SSSR count). The van der Waals surface area contributed by atoms with Crippen molar-refractivity contribution in [1.82, 2.24) is 0 Å². The van der Waals surface area contributed by atoms with Gasteiger partial charge in [-0.2, -0.15) is 0 Å². The van der Waals surface area contributed by atoms with Gasteiger partial charge in [0.2, 0.25) is 0 Å². The smallest absolute Gasteiger partial charge is 0.258 e. The second-order valence-electron chi connectivity index (χ2n) is 3.60. The Hall–Kier alpha value is -1.60. The Bertz CT molecular complexity index is 547. The molecule has 0 radical (unpaired) electrons. The van der Waals surface area contributed by atoms with Crippen molar-refractivity contribution in [2.45, 2.75) is 24.0 Å². The lowest BCUT2D eigenvalue weighted by Gasteiger charge is -2.09. The zero-order valence-electron chi connectivity index (χ0n) is 10.2. The van der Waals surface area contributed by atoms with Crippen molar-refractivity contribution < 1.29 is 9.85 Å². The molecule has 6 nitrogen and oxygen atoms in total. The van der Waals surface area contributed by atoms with Crippen LogP contribution in [0.2, 0.25) is 0 Å². The van der Waals surface area contributed by atoms with Gasteiger partial charge in [0, 0.05) is 16.3 Å². The fourth-order valence-electron chi connectivity index (χ4n) is 1.34. The zero-order chi connectivity index (χ0) is 14.6. The molecule has 0 bridgehead atoms. The number of nitro groups is 2. The molecule has 0 N–H and O–H groups in total. The molecule has 1 aromatic rings. The van der Waals surface area contributed by atoms with Crippen LogP contribution in [-0.2, 0) is 0 Å². The number of halogens is 1. The van der Waals surface area contributed by atoms with Gasteiger partial charge in [-0.3, -0.25) is 20.2 Å². The Morgan fingerprint density at radius 2 is 2.00 bits per heavy atom. The van der Waals surface area contributed by atoms with Gasteiger partial charge < -0.3 is 0 Å². The first kappa shape index (κ1) is 15.5. The maximum absolute atomic E-state index is 10.9.